The van der Waals surface area contributed by atoms with Crippen LogP contribution in [-0.4, -0.2) is 52.7 Å². The molecule has 0 aliphatic carbocycles. The van der Waals surface area contributed by atoms with Gasteiger partial charge in [-0.05, 0) is 38.8 Å². The molecule has 0 saturated heterocycles. The first-order valence-corrected chi connectivity index (χ1v) is 9.34. The zero-order valence-corrected chi connectivity index (χ0v) is 17.8. The number of benzene rings is 1. The predicted molar refractivity (Wildman–Crippen MR) is 110 cm³/mol. The number of carbonyl (C=O) groups is 3. The number of aryl methyl sites for hydroxylation is 4. The number of para-hydroxylation sites is 1. The highest BCUT2D eigenvalue weighted by atomic mass is 16.5. The number of carbonyl (C=O) groups excluding carboxylic acids is 3. The number of amides is 2. The van der Waals surface area contributed by atoms with Gasteiger partial charge < -0.3 is 15.0 Å². The summed E-state index contributed by atoms with van der Waals surface area (Å²) in [6.45, 7) is 6.96. The first kappa shape index (κ1) is 22.1. The molecule has 0 bridgehead atoms. The van der Waals surface area contributed by atoms with Crippen LogP contribution < -0.4 is 5.32 Å². The van der Waals surface area contributed by atoms with Crippen molar-refractivity contribution in [3.63, 3.8) is 0 Å². The van der Waals surface area contributed by atoms with Gasteiger partial charge in [0.25, 0.3) is 5.91 Å². The summed E-state index contributed by atoms with van der Waals surface area (Å²) in [7, 11) is 3.30. The molecular formula is C21H28N4O4. The zero-order chi connectivity index (χ0) is 21.7. The minimum Gasteiger partial charge on any atom is -0.455 e. The summed E-state index contributed by atoms with van der Waals surface area (Å²) < 4.78 is 6.79. The average molecular weight is 400 g/mol. The minimum absolute atomic E-state index is 0.0511. The molecule has 0 atom stereocenters. The number of hydrogen-bond donors (Lipinski definition) is 1. The van der Waals surface area contributed by atoms with Gasteiger partial charge in [-0.25, -0.2) is 0 Å². The predicted octanol–water partition coefficient (Wildman–Crippen LogP) is 1.84. The van der Waals surface area contributed by atoms with Crippen LogP contribution in [0.1, 0.15) is 28.1 Å². The third-order valence-corrected chi connectivity index (χ3v) is 4.89. The molecule has 2 amide bonds. The molecular weight excluding hydrogens is 372 g/mol. The van der Waals surface area contributed by atoms with Crippen molar-refractivity contribution in [2.75, 3.05) is 25.5 Å². The molecule has 0 aliphatic heterocycles. The standard InChI is InChI=1S/C21H28N4O4/c1-13-8-7-9-14(2)21(13)22-18(26)11-24(5)19(27)12-29-20(28)10-17-15(3)23-25(6)16(17)4/h7-9H,10-12H2,1-6H3,(H,22,26). The Morgan fingerprint density at radius 1 is 1.14 bits per heavy atom. The van der Waals surface area contributed by atoms with Crippen LogP contribution in [0.25, 0.3) is 0 Å². The molecule has 0 unspecified atom stereocenters. The molecule has 29 heavy (non-hydrogen) atoms. The van der Waals surface area contributed by atoms with E-state index in [1.807, 2.05) is 45.9 Å². The van der Waals surface area contributed by atoms with E-state index in [1.54, 1.807) is 11.7 Å². The van der Waals surface area contributed by atoms with Gasteiger partial charge in [-0.15, -0.1) is 0 Å². The Hall–Kier alpha value is -3.16. The second-order valence-electron chi connectivity index (χ2n) is 7.18. The quantitative estimate of drug-likeness (QED) is 0.716. The molecule has 0 aliphatic rings. The van der Waals surface area contributed by atoms with Crippen LogP contribution >= 0.6 is 0 Å². The highest BCUT2D eigenvalue weighted by Crippen LogP contribution is 2.19. The molecule has 0 saturated carbocycles. The Morgan fingerprint density at radius 2 is 1.76 bits per heavy atom. The van der Waals surface area contributed by atoms with E-state index in [0.717, 1.165) is 33.8 Å². The fraction of sp³-hybridized carbons (Fsp3) is 0.429. The van der Waals surface area contributed by atoms with E-state index in [1.165, 1.54) is 11.9 Å². The molecule has 0 spiro atoms. The molecule has 2 aromatic rings. The van der Waals surface area contributed by atoms with Gasteiger partial charge in [-0.2, -0.15) is 5.10 Å². The number of hydrogen-bond acceptors (Lipinski definition) is 5. The Bertz CT molecular complexity index is 913. The van der Waals surface area contributed by atoms with Gasteiger partial charge in [0.2, 0.25) is 5.91 Å². The van der Waals surface area contributed by atoms with E-state index in [-0.39, 0.29) is 18.9 Å². The van der Waals surface area contributed by atoms with Gasteiger partial charge in [0.05, 0.1) is 18.7 Å². The molecule has 8 heteroatoms. The summed E-state index contributed by atoms with van der Waals surface area (Å²) >= 11 is 0. The van der Waals surface area contributed by atoms with Crippen molar-refractivity contribution in [1.29, 1.82) is 0 Å². The number of rotatable bonds is 7. The lowest BCUT2D eigenvalue weighted by Gasteiger charge is -2.18. The molecule has 1 heterocycles. The SMILES string of the molecule is Cc1cccc(C)c1NC(=O)CN(C)C(=O)COC(=O)Cc1c(C)nn(C)c1C. The normalized spacial score (nSPS) is 10.6. The Labute approximate surface area is 170 Å². The van der Waals surface area contributed by atoms with Crippen molar-refractivity contribution in [2.45, 2.75) is 34.1 Å². The molecule has 156 valence electrons. The smallest absolute Gasteiger partial charge is 0.310 e. The van der Waals surface area contributed by atoms with Gasteiger partial charge in [-0.1, -0.05) is 18.2 Å². The molecule has 0 fully saturated rings. The van der Waals surface area contributed by atoms with Crippen molar-refractivity contribution in [2.24, 2.45) is 7.05 Å². The van der Waals surface area contributed by atoms with Crippen LogP contribution in [0.4, 0.5) is 5.69 Å². The van der Waals surface area contributed by atoms with E-state index < -0.39 is 18.5 Å². The lowest BCUT2D eigenvalue weighted by Crippen LogP contribution is -2.37. The summed E-state index contributed by atoms with van der Waals surface area (Å²) in [5.74, 6) is -1.27. The van der Waals surface area contributed by atoms with Crippen LogP contribution in [0, 0.1) is 27.7 Å². The minimum atomic E-state index is -0.508. The number of nitrogens with zero attached hydrogens (tertiary/aromatic N) is 3. The number of aromatic nitrogens is 2. The van der Waals surface area contributed by atoms with Crippen molar-refractivity contribution >= 4 is 23.5 Å². The van der Waals surface area contributed by atoms with E-state index in [2.05, 4.69) is 10.4 Å². The van der Waals surface area contributed by atoms with Gasteiger partial charge in [-0.3, -0.25) is 19.1 Å². The molecule has 1 aromatic heterocycles. The van der Waals surface area contributed by atoms with Crippen molar-refractivity contribution in [3.8, 4) is 0 Å². The van der Waals surface area contributed by atoms with Gasteiger partial charge in [0, 0.05) is 31.0 Å². The number of esters is 1. The summed E-state index contributed by atoms with van der Waals surface area (Å²) in [6.07, 6.45) is 0.0511. The van der Waals surface area contributed by atoms with Crippen LogP contribution in [0.2, 0.25) is 0 Å². The van der Waals surface area contributed by atoms with E-state index in [0.29, 0.717) is 0 Å². The van der Waals surface area contributed by atoms with Gasteiger partial charge in [0.15, 0.2) is 6.61 Å². The number of nitrogens with one attached hydrogen (secondary N) is 1. The van der Waals surface area contributed by atoms with Crippen LogP contribution in [-0.2, 0) is 32.6 Å². The molecule has 1 N–H and O–H groups in total. The highest BCUT2D eigenvalue weighted by molar-refractivity contribution is 5.96. The lowest BCUT2D eigenvalue weighted by molar-refractivity contribution is -0.151. The first-order chi connectivity index (χ1) is 13.6. The van der Waals surface area contributed by atoms with Gasteiger partial charge in [0.1, 0.15) is 0 Å². The highest BCUT2D eigenvalue weighted by Gasteiger charge is 2.18. The Balaban J connectivity index is 1.84. The summed E-state index contributed by atoms with van der Waals surface area (Å²) in [5, 5.41) is 7.08. The van der Waals surface area contributed by atoms with Crippen molar-refractivity contribution in [3.05, 3.63) is 46.3 Å². The van der Waals surface area contributed by atoms with E-state index in [4.69, 9.17) is 4.74 Å². The maximum Gasteiger partial charge on any atom is 0.310 e. The second-order valence-corrected chi connectivity index (χ2v) is 7.18. The summed E-state index contributed by atoms with van der Waals surface area (Å²) in [5.41, 5.74) is 5.07. The number of anilines is 1. The Kier molecular flexibility index (Phi) is 7.14. The summed E-state index contributed by atoms with van der Waals surface area (Å²) in [4.78, 5) is 37.8. The maximum atomic E-state index is 12.3. The maximum absolute atomic E-state index is 12.3. The fourth-order valence-corrected chi connectivity index (χ4v) is 3.02. The first-order valence-electron chi connectivity index (χ1n) is 9.34. The van der Waals surface area contributed by atoms with E-state index >= 15 is 0 Å². The lowest BCUT2D eigenvalue weighted by atomic mass is 10.1. The molecule has 8 nitrogen and oxygen atoms in total. The monoisotopic (exact) mass is 400 g/mol. The summed E-state index contributed by atoms with van der Waals surface area (Å²) in [6, 6.07) is 5.73. The molecule has 0 radical (unpaired) electrons. The average Bonchev–Trinajstić information content (AvgIpc) is 2.89. The third kappa shape index (κ3) is 5.66. The second kappa shape index (κ2) is 9.36. The third-order valence-electron chi connectivity index (χ3n) is 4.89. The topological polar surface area (TPSA) is 93.5 Å². The molecule has 1 aromatic carbocycles. The van der Waals surface area contributed by atoms with Crippen molar-refractivity contribution < 1.29 is 19.1 Å². The Morgan fingerprint density at radius 3 is 2.31 bits per heavy atom. The van der Waals surface area contributed by atoms with Gasteiger partial charge >= 0.3 is 5.97 Å². The van der Waals surface area contributed by atoms with E-state index in [9.17, 15) is 14.4 Å². The fourth-order valence-electron chi connectivity index (χ4n) is 3.02. The van der Waals surface area contributed by atoms with Crippen LogP contribution in [0.5, 0.6) is 0 Å². The van der Waals surface area contributed by atoms with Crippen LogP contribution in [0.3, 0.4) is 0 Å². The largest absolute Gasteiger partial charge is 0.455 e. The molecule has 2 rings (SSSR count). The number of likely N-dealkylation sites (N-methyl/N-ethyl adjacent to an activating group) is 1. The number of ether oxygens (including phenoxy) is 1. The zero-order valence-electron chi connectivity index (χ0n) is 17.8. The van der Waals surface area contributed by atoms with Crippen molar-refractivity contribution in [1.82, 2.24) is 14.7 Å². The van der Waals surface area contributed by atoms with Crippen LogP contribution in [0.15, 0.2) is 18.2 Å².